The van der Waals surface area contributed by atoms with Crippen LogP contribution in [0.2, 0.25) is 0 Å². The summed E-state index contributed by atoms with van der Waals surface area (Å²) in [4.78, 5) is 15.4. The summed E-state index contributed by atoms with van der Waals surface area (Å²) in [6.07, 6.45) is 1.22. The SMILES string of the molecule is O=C(Nc1c(F)c(F)c(F)c(F)c1F)c1ncccc1Br. The minimum atomic E-state index is -2.30. The third-order valence-corrected chi connectivity index (χ3v) is 3.06. The Morgan fingerprint density at radius 3 is 2.05 bits per heavy atom. The Hall–Kier alpha value is -2.03. The maximum atomic E-state index is 13.4. The van der Waals surface area contributed by atoms with Crippen LogP contribution in [0.5, 0.6) is 0 Å². The molecule has 1 N–H and O–H groups in total. The highest BCUT2D eigenvalue weighted by atomic mass is 79.9. The lowest BCUT2D eigenvalue weighted by atomic mass is 10.2. The standard InChI is InChI=1S/C12H4BrF5N2O/c13-4-2-1-3-19-10(4)12(21)20-11-8(17)6(15)5(14)7(16)9(11)18/h1-3H,(H,20,21). The lowest BCUT2D eigenvalue weighted by Crippen LogP contribution is -2.18. The third kappa shape index (κ3) is 2.73. The third-order valence-electron chi connectivity index (χ3n) is 2.42. The summed E-state index contributed by atoms with van der Waals surface area (Å²) >= 11 is 2.97. The molecule has 1 aromatic carbocycles. The van der Waals surface area contributed by atoms with E-state index in [0.717, 1.165) is 0 Å². The highest BCUT2D eigenvalue weighted by Gasteiger charge is 2.27. The van der Waals surface area contributed by atoms with Gasteiger partial charge in [-0.25, -0.2) is 26.9 Å². The van der Waals surface area contributed by atoms with Crippen molar-refractivity contribution in [3.05, 3.63) is 57.6 Å². The van der Waals surface area contributed by atoms with Crippen molar-refractivity contribution in [3.63, 3.8) is 0 Å². The number of hydrogen-bond donors (Lipinski definition) is 1. The molecule has 9 heteroatoms. The molecule has 0 saturated carbocycles. The Balaban J connectivity index is 2.46. The van der Waals surface area contributed by atoms with Crippen molar-refractivity contribution in [3.8, 4) is 0 Å². The number of benzene rings is 1. The molecular formula is C12H4BrF5N2O. The molecule has 0 aliphatic heterocycles. The fourth-order valence-electron chi connectivity index (χ4n) is 1.44. The van der Waals surface area contributed by atoms with Gasteiger partial charge in [0.1, 0.15) is 11.4 Å². The van der Waals surface area contributed by atoms with Gasteiger partial charge in [-0.2, -0.15) is 0 Å². The van der Waals surface area contributed by atoms with Crippen molar-refractivity contribution < 1.29 is 26.7 Å². The molecule has 1 heterocycles. The first-order chi connectivity index (χ1) is 9.84. The van der Waals surface area contributed by atoms with E-state index >= 15 is 0 Å². The average Bonchev–Trinajstić information content (AvgIpc) is 2.48. The number of hydrogen-bond acceptors (Lipinski definition) is 2. The van der Waals surface area contributed by atoms with E-state index in [2.05, 4.69) is 20.9 Å². The molecule has 0 aliphatic carbocycles. The zero-order valence-electron chi connectivity index (χ0n) is 9.86. The quantitative estimate of drug-likeness (QED) is 0.499. The smallest absolute Gasteiger partial charge is 0.275 e. The van der Waals surface area contributed by atoms with Crippen LogP contribution in [0.15, 0.2) is 22.8 Å². The minimum Gasteiger partial charge on any atom is -0.315 e. The van der Waals surface area contributed by atoms with Crippen LogP contribution in [-0.2, 0) is 0 Å². The molecule has 0 radical (unpaired) electrons. The Labute approximate surface area is 122 Å². The van der Waals surface area contributed by atoms with Gasteiger partial charge in [0.15, 0.2) is 23.3 Å². The van der Waals surface area contributed by atoms with E-state index in [0.29, 0.717) is 0 Å². The molecule has 0 unspecified atom stereocenters. The molecule has 110 valence electrons. The number of pyridine rings is 1. The van der Waals surface area contributed by atoms with Crippen LogP contribution in [0, 0.1) is 29.1 Å². The largest absolute Gasteiger partial charge is 0.315 e. The van der Waals surface area contributed by atoms with Crippen LogP contribution in [0.1, 0.15) is 10.5 Å². The van der Waals surface area contributed by atoms with Gasteiger partial charge in [0.05, 0.1) is 0 Å². The van der Waals surface area contributed by atoms with Gasteiger partial charge >= 0.3 is 0 Å². The van der Waals surface area contributed by atoms with Crippen molar-refractivity contribution in [2.24, 2.45) is 0 Å². The Bertz CT molecular complexity index is 709. The van der Waals surface area contributed by atoms with Crippen LogP contribution in [0.4, 0.5) is 27.6 Å². The molecule has 2 aromatic rings. The molecule has 3 nitrogen and oxygen atoms in total. The molecule has 21 heavy (non-hydrogen) atoms. The Kier molecular flexibility index (Phi) is 4.21. The predicted octanol–water partition coefficient (Wildman–Crippen LogP) is 3.79. The van der Waals surface area contributed by atoms with E-state index in [4.69, 9.17) is 0 Å². The number of aromatic nitrogens is 1. The normalized spacial score (nSPS) is 10.6. The summed E-state index contributed by atoms with van der Waals surface area (Å²) in [6, 6.07) is 2.89. The summed E-state index contributed by atoms with van der Waals surface area (Å²) in [5.41, 5.74) is -1.71. The predicted molar refractivity (Wildman–Crippen MR) is 66.1 cm³/mol. The van der Waals surface area contributed by atoms with Gasteiger partial charge in [-0.05, 0) is 28.1 Å². The second-order valence-corrected chi connectivity index (χ2v) is 4.59. The summed E-state index contributed by atoms with van der Waals surface area (Å²) < 4.78 is 65.9. The molecule has 1 aromatic heterocycles. The van der Waals surface area contributed by atoms with E-state index in [1.807, 2.05) is 0 Å². The van der Waals surface area contributed by atoms with Crippen LogP contribution < -0.4 is 5.32 Å². The number of nitrogens with zero attached hydrogens (tertiary/aromatic N) is 1. The zero-order valence-corrected chi connectivity index (χ0v) is 11.4. The first-order valence-corrected chi connectivity index (χ1v) is 6.07. The number of rotatable bonds is 2. The van der Waals surface area contributed by atoms with Crippen molar-refractivity contribution in [2.45, 2.75) is 0 Å². The first kappa shape index (κ1) is 15.4. The Morgan fingerprint density at radius 1 is 1.00 bits per heavy atom. The van der Waals surface area contributed by atoms with Crippen molar-refractivity contribution in [1.29, 1.82) is 0 Å². The van der Waals surface area contributed by atoms with Crippen molar-refractivity contribution in [1.82, 2.24) is 4.98 Å². The molecule has 0 saturated heterocycles. The second-order valence-electron chi connectivity index (χ2n) is 3.73. The van der Waals surface area contributed by atoms with Crippen LogP contribution in [-0.4, -0.2) is 10.9 Å². The van der Waals surface area contributed by atoms with E-state index < -0.39 is 40.7 Å². The van der Waals surface area contributed by atoms with Gasteiger partial charge in [0.25, 0.3) is 5.91 Å². The van der Waals surface area contributed by atoms with E-state index in [-0.39, 0.29) is 10.2 Å². The number of amides is 1. The maximum absolute atomic E-state index is 13.4. The lowest BCUT2D eigenvalue weighted by molar-refractivity contribution is 0.102. The fraction of sp³-hybridized carbons (Fsp3) is 0. The zero-order chi connectivity index (χ0) is 15.7. The van der Waals surface area contributed by atoms with E-state index in [1.54, 1.807) is 5.32 Å². The number of nitrogens with one attached hydrogen (secondary N) is 1. The van der Waals surface area contributed by atoms with Gasteiger partial charge in [0, 0.05) is 10.7 Å². The maximum Gasteiger partial charge on any atom is 0.275 e. The van der Waals surface area contributed by atoms with Crippen LogP contribution in [0.3, 0.4) is 0 Å². The summed E-state index contributed by atoms with van der Waals surface area (Å²) in [5, 5.41) is 1.62. The minimum absolute atomic E-state index is 0.186. The molecule has 0 bridgehead atoms. The van der Waals surface area contributed by atoms with Gasteiger partial charge in [-0.1, -0.05) is 0 Å². The van der Waals surface area contributed by atoms with Crippen LogP contribution in [0.25, 0.3) is 0 Å². The summed E-state index contributed by atoms with van der Waals surface area (Å²) in [5.74, 6) is -12.0. The summed E-state index contributed by atoms with van der Waals surface area (Å²) in [7, 11) is 0. The second kappa shape index (κ2) is 5.76. The number of anilines is 1. The molecule has 0 aliphatic rings. The molecular weight excluding hydrogens is 363 g/mol. The highest BCUT2D eigenvalue weighted by molar-refractivity contribution is 9.10. The van der Waals surface area contributed by atoms with Crippen molar-refractivity contribution >= 4 is 27.5 Å². The molecule has 2 rings (SSSR count). The molecule has 1 amide bonds. The molecule has 0 atom stereocenters. The van der Waals surface area contributed by atoms with Crippen molar-refractivity contribution in [2.75, 3.05) is 5.32 Å². The highest BCUT2D eigenvalue weighted by Crippen LogP contribution is 2.27. The molecule has 0 spiro atoms. The van der Waals surface area contributed by atoms with Gasteiger partial charge in [0.2, 0.25) is 5.82 Å². The monoisotopic (exact) mass is 366 g/mol. The average molecular weight is 367 g/mol. The Morgan fingerprint density at radius 2 is 1.52 bits per heavy atom. The molecule has 0 fully saturated rings. The van der Waals surface area contributed by atoms with Gasteiger partial charge in [-0.3, -0.25) is 4.79 Å². The summed E-state index contributed by atoms with van der Waals surface area (Å²) in [6.45, 7) is 0. The van der Waals surface area contributed by atoms with Gasteiger partial charge < -0.3 is 5.32 Å². The van der Waals surface area contributed by atoms with Crippen LogP contribution >= 0.6 is 15.9 Å². The van der Waals surface area contributed by atoms with E-state index in [1.165, 1.54) is 18.3 Å². The lowest BCUT2D eigenvalue weighted by Gasteiger charge is -2.10. The van der Waals surface area contributed by atoms with Gasteiger partial charge in [-0.15, -0.1) is 0 Å². The topological polar surface area (TPSA) is 42.0 Å². The number of carbonyl (C=O) groups is 1. The number of halogens is 6. The fourth-order valence-corrected chi connectivity index (χ4v) is 1.88. The number of carbonyl (C=O) groups excluding carboxylic acids is 1. The first-order valence-electron chi connectivity index (χ1n) is 5.28. The van der Waals surface area contributed by atoms with E-state index in [9.17, 15) is 26.7 Å².